The van der Waals surface area contributed by atoms with Crippen LogP contribution in [0, 0.1) is 5.82 Å². The number of halogens is 1. The van der Waals surface area contributed by atoms with E-state index in [0.29, 0.717) is 12.6 Å². The minimum atomic E-state index is -0.246. The number of hydrogen-bond acceptors (Lipinski definition) is 4. The highest BCUT2D eigenvalue weighted by Gasteiger charge is 2.20. The van der Waals surface area contributed by atoms with Crippen LogP contribution in [0.25, 0.3) is 0 Å². The average molecular weight is 286 g/mol. The van der Waals surface area contributed by atoms with Crippen molar-refractivity contribution in [2.45, 2.75) is 32.4 Å². The molecule has 0 amide bonds. The lowest BCUT2D eigenvalue weighted by Gasteiger charge is -2.21. The number of anilines is 2. The molecule has 4 nitrogen and oxygen atoms in total. The van der Waals surface area contributed by atoms with Crippen LogP contribution in [0.15, 0.2) is 36.7 Å². The smallest absolute Gasteiger partial charge is 0.151 e. The number of hydrogen-bond donors (Lipinski definition) is 1. The second-order valence-corrected chi connectivity index (χ2v) is 5.25. The molecule has 0 atom stereocenters. The first-order valence-corrected chi connectivity index (χ1v) is 7.33. The van der Waals surface area contributed by atoms with Gasteiger partial charge in [-0.3, -0.25) is 4.98 Å². The van der Waals surface area contributed by atoms with Gasteiger partial charge in [-0.2, -0.15) is 0 Å². The summed E-state index contributed by atoms with van der Waals surface area (Å²) in [6, 6.07) is 7.18. The Labute approximate surface area is 124 Å². The largest absolute Gasteiger partial charge is 0.325 e. The molecule has 1 aliphatic rings. The molecule has 2 aromatic rings. The normalized spacial score (nSPS) is 14.2. The predicted molar refractivity (Wildman–Crippen MR) is 81.0 cm³/mol. The second kappa shape index (κ2) is 6.18. The topological polar surface area (TPSA) is 41.1 Å². The molecule has 5 heteroatoms. The summed E-state index contributed by atoms with van der Waals surface area (Å²) in [7, 11) is 0. The fourth-order valence-electron chi connectivity index (χ4n) is 2.24. The van der Waals surface area contributed by atoms with E-state index in [1.54, 1.807) is 18.5 Å². The van der Waals surface area contributed by atoms with Gasteiger partial charge >= 0.3 is 0 Å². The van der Waals surface area contributed by atoms with Crippen LogP contribution in [0.3, 0.4) is 0 Å². The van der Waals surface area contributed by atoms with Gasteiger partial charge in [0.1, 0.15) is 5.82 Å². The summed E-state index contributed by atoms with van der Waals surface area (Å²) in [5, 5.41) is 3.41. The first-order valence-electron chi connectivity index (χ1n) is 7.33. The summed E-state index contributed by atoms with van der Waals surface area (Å²) in [6.07, 6.45) is 6.05. The third-order valence-corrected chi connectivity index (χ3v) is 3.55. The zero-order valence-electron chi connectivity index (χ0n) is 12.1. The van der Waals surface area contributed by atoms with Crippen molar-refractivity contribution in [1.29, 1.82) is 0 Å². The van der Waals surface area contributed by atoms with Crippen molar-refractivity contribution in [3.05, 3.63) is 48.2 Å². The van der Waals surface area contributed by atoms with Crippen LogP contribution in [0.1, 0.15) is 25.5 Å². The van der Waals surface area contributed by atoms with Crippen LogP contribution >= 0.6 is 0 Å². The molecule has 21 heavy (non-hydrogen) atoms. The highest BCUT2D eigenvalue weighted by Crippen LogP contribution is 2.23. The summed E-state index contributed by atoms with van der Waals surface area (Å²) < 4.78 is 13.4. The number of benzene rings is 1. The van der Waals surface area contributed by atoms with Crippen molar-refractivity contribution >= 4 is 11.5 Å². The fraction of sp³-hybridized carbons (Fsp3) is 0.375. The Bertz CT molecular complexity index is 595. The lowest BCUT2D eigenvalue weighted by atomic mass is 10.2. The molecule has 110 valence electrons. The molecule has 1 aromatic carbocycles. The molecule has 0 spiro atoms. The molecule has 1 aliphatic carbocycles. The van der Waals surface area contributed by atoms with Crippen LogP contribution in [0.4, 0.5) is 15.9 Å². The number of nitrogens with one attached hydrogen (secondary N) is 1. The number of nitrogens with zero attached hydrogens (tertiary/aromatic N) is 3. The van der Waals surface area contributed by atoms with Crippen LogP contribution in [0.2, 0.25) is 0 Å². The molecule has 1 N–H and O–H groups in total. The Hall–Kier alpha value is -2.01. The van der Waals surface area contributed by atoms with Gasteiger partial charge in [0.05, 0.1) is 18.1 Å². The zero-order valence-corrected chi connectivity index (χ0v) is 12.1. The maximum absolute atomic E-state index is 13.4. The summed E-state index contributed by atoms with van der Waals surface area (Å²) in [6.45, 7) is 3.47. The van der Waals surface area contributed by atoms with Gasteiger partial charge in [0.15, 0.2) is 5.82 Å². The molecule has 0 unspecified atom stereocenters. The minimum Gasteiger partial charge on any atom is -0.325 e. The van der Waals surface area contributed by atoms with Gasteiger partial charge in [-0.05, 0) is 38.0 Å². The Kier molecular flexibility index (Phi) is 4.10. The monoisotopic (exact) mass is 286 g/mol. The quantitative estimate of drug-likeness (QED) is 0.886. The number of aromatic nitrogens is 2. The lowest BCUT2D eigenvalue weighted by molar-refractivity contribution is 0.627. The Morgan fingerprint density at radius 2 is 2.14 bits per heavy atom. The molecule has 1 aromatic heterocycles. The standard InChI is InChI=1S/C16H19FN4/c1-2-21(15-5-3-4-12(17)8-15)16-11-19-14(10-20-16)9-18-13-6-7-13/h3-5,8,10-11,13,18H,2,6-7,9H2,1H3. The van der Waals surface area contributed by atoms with Crippen LogP contribution < -0.4 is 10.2 Å². The van der Waals surface area contributed by atoms with E-state index >= 15 is 0 Å². The van der Waals surface area contributed by atoms with Gasteiger partial charge in [0.25, 0.3) is 0 Å². The van der Waals surface area contributed by atoms with E-state index in [-0.39, 0.29) is 5.82 Å². The van der Waals surface area contributed by atoms with E-state index in [4.69, 9.17) is 0 Å². The summed E-state index contributed by atoms with van der Waals surface area (Å²) >= 11 is 0. The summed E-state index contributed by atoms with van der Waals surface area (Å²) in [5.74, 6) is 0.488. The molecule has 0 aliphatic heterocycles. The molecule has 1 fully saturated rings. The first-order chi connectivity index (χ1) is 10.3. The third-order valence-electron chi connectivity index (χ3n) is 3.55. The van der Waals surface area contributed by atoms with Gasteiger partial charge in [-0.1, -0.05) is 6.07 Å². The van der Waals surface area contributed by atoms with E-state index < -0.39 is 0 Å². The maximum Gasteiger partial charge on any atom is 0.151 e. The Balaban J connectivity index is 1.73. The molecule has 0 bridgehead atoms. The minimum absolute atomic E-state index is 0.246. The molecular formula is C16H19FN4. The molecule has 0 saturated heterocycles. The predicted octanol–water partition coefficient (Wildman–Crippen LogP) is 3.03. The highest BCUT2D eigenvalue weighted by atomic mass is 19.1. The summed E-state index contributed by atoms with van der Waals surface area (Å²) in [5.41, 5.74) is 1.72. The first kappa shape index (κ1) is 13.9. The fourth-order valence-corrected chi connectivity index (χ4v) is 2.24. The lowest BCUT2D eigenvalue weighted by Crippen LogP contribution is -2.19. The van der Waals surface area contributed by atoms with E-state index in [2.05, 4.69) is 15.3 Å². The van der Waals surface area contributed by atoms with Gasteiger partial charge in [-0.15, -0.1) is 0 Å². The Morgan fingerprint density at radius 3 is 2.76 bits per heavy atom. The maximum atomic E-state index is 13.4. The van der Waals surface area contributed by atoms with Crippen molar-refractivity contribution in [3.8, 4) is 0 Å². The number of rotatable bonds is 6. The van der Waals surface area contributed by atoms with Gasteiger partial charge in [0, 0.05) is 24.8 Å². The zero-order chi connectivity index (χ0) is 14.7. The highest BCUT2D eigenvalue weighted by molar-refractivity contribution is 5.58. The molecule has 3 rings (SSSR count). The molecule has 1 heterocycles. The van der Waals surface area contributed by atoms with Crippen molar-refractivity contribution in [3.63, 3.8) is 0 Å². The molecule has 0 radical (unpaired) electrons. The SMILES string of the molecule is CCN(c1cccc(F)c1)c1cnc(CNC2CC2)cn1. The molecule has 1 saturated carbocycles. The van der Waals surface area contributed by atoms with Gasteiger partial charge < -0.3 is 10.2 Å². The third kappa shape index (κ3) is 3.55. The average Bonchev–Trinajstić information content (AvgIpc) is 3.32. The van der Waals surface area contributed by atoms with Crippen molar-refractivity contribution in [2.75, 3.05) is 11.4 Å². The van der Waals surface area contributed by atoms with Gasteiger partial charge in [-0.25, -0.2) is 9.37 Å². The Morgan fingerprint density at radius 1 is 1.29 bits per heavy atom. The second-order valence-electron chi connectivity index (χ2n) is 5.25. The van der Waals surface area contributed by atoms with Crippen LogP contribution in [-0.4, -0.2) is 22.6 Å². The van der Waals surface area contributed by atoms with E-state index in [0.717, 1.165) is 23.7 Å². The van der Waals surface area contributed by atoms with E-state index in [1.807, 2.05) is 17.9 Å². The van der Waals surface area contributed by atoms with Crippen molar-refractivity contribution in [2.24, 2.45) is 0 Å². The van der Waals surface area contributed by atoms with E-state index in [9.17, 15) is 4.39 Å². The van der Waals surface area contributed by atoms with Crippen LogP contribution in [-0.2, 0) is 6.54 Å². The van der Waals surface area contributed by atoms with Crippen molar-refractivity contribution < 1.29 is 4.39 Å². The summed E-state index contributed by atoms with van der Waals surface area (Å²) in [4.78, 5) is 10.8. The van der Waals surface area contributed by atoms with Crippen LogP contribution in [0.5, 0.6) is 0 Å². The molecular weight excluding hydrogens is 267 g/mol. The van der Waals surface area contributed by atoms with Gasteiger partial charge in [0.2, 0.25) is 0 Å². The van der Waals surface area contributed by atoms with Crippen molar-refractivity contribution in [1.82, 2.24) is 15.3 Å². The van der Waals surface area contributed by atoms with E-state index in [1.165, 1.54) is 25.0 Å².